The fourth-order valence-corrected chi connectivity index (χ4v) is 5.39. The van der Waals surface area contributed by atoms with Crippen LogP contribution in [0.5, 0.6) is 0 Å². The zero-order valence-electron chi connectivity index (χ0n) is 16.8. The van der Waals surface area contributed by atoms with Crippen LogP contribution in [0.15, 0.2) is 29.1 Å². The fraction of sp³-hybridized carbons (Fsp3) is 0.636. The number of aryl methyl sites for hydroxylation is 2. The molecular formula is C22H29FN4O2. The standard InChI is InChI=1S/C22H29FN4O2/c23-20-6-2-1-5-16(20)15-29-19-13-17-8-9-18(14-19)25(17)11-4-12-27-22(28)26-10-3-7-21(26)24-27/h1-2,5-6,17-19H,3-4,7-15H2. The molecule has 2 aromatic rings. The second kappa shape index (κ2) is 8.03. The number of benzene rings is 1. The van der Waals surface area contributed by atoms with Gasteiger partial charge in [0.1, 0.15) is 11.6 Å². The Balaban J connectivity index is 1.12. The molecule has 0 aliphatic carbocycles. The van der Waals surface area contributed by atoms with Gasteiger partial charge in [0.15, 0.2) is 0 Å². The molecule has 2 saturated heterocycles. The first kappa shape index (κ1) is 19.0. The normalized spacial score (nSPS) is 26.2. The van der Waals surface area contributed by atoms with Gasteiger partial charge in [0.2, 0.25) is 0 Å². The molecule has 6 nitrogen and oxygen atoms in total. The van der Waals surface area contributed by atoms with Crippen LogP contribution in [0, 0.1) is 5.82 Å². The second-order valence-electron chi connectivity index (χ2n) is 8.65. The maximum absolute atomic E-state index is 13.8. The smallest absolute Gasteiger partial charge is 0.345 e. The Labute approximate surface area is 170 Å². The third-order valence-electron chi connectivity index (χ3n) is 6.84. The summed E-state index contributed by atoms with van der Waals surface area (Å²) in [6.07, 6.45) is 7.58. The molecule has 3 aliphatic heterocycles. The molecule has 1 aromatic heterocycles. The van der Waals surface area contributed by atoms with Crippen molar-refractivity contribution in [3.63, 3.8) is 0 Å². The van der Waals surface area contributed by atoms with Crippen molar-refractivity contribution in [3.8, 4) is 0 Å². The lowest BCUT2D eigenvalue weighted by molar-refractivity contribution is -0.0293. The van der Waals surface area contributed by atoms with Crippen molar-refractivity contribution in [2.24, 2.45) is 0 Å². The monoisotopic (exact) mass is 400 g/mol. The van der Waals surface area contributed by atoms with Gasteiger partial charge in [-0.3, -0.25) is 9.47 Å². The summed E-state index contributed by atoms with van der Waals surface area (Å²) in [7, 11) is 0. The van der Waals surface area contributed by atoms with E-state index in [1.165, 1.54) is 18.9 Å². The molecule has 29 heavy (non-hydrogen) atoms. The van der Waals surface area contributed by atoms with E-state index in [9.17, 15) is 9.18 Å². The van der Waals surface area contributed by atoms with Crippen molar-refractivity contribution in [2.45, 2.75) is 82.8 Å². The number of hydrogen-bond acceptors (Lipinski definition) is 4. The van der Waals surface area contributed by atoms with Crippen molar-refractivity contribution >= 4 is 0 Å². The molecule has 0 saturated carbocycles. The summed E-state index contributed by atoms with van der Waals surface area (Å²) >= 11 is 0. The summed E-state index contributed by atoms with van der Waals surface area (Å²) in [5.74, 6) is 0.760. The predicted molar refractivity (Wildman–Crippen MR) is 107 cm³/mol. The van der Waals surface area contributed by atoms with Gasteiger partial charge in [-0.25, -0.2) is 13.9 Å². The average Bonchev–Trinajstić information content (AvgIpc) is 3.36. The first-order chi connectivity index (χ1) is 14.2. The first-order valence-electron chi connectivity index (χ1n) is 11.0. The lowest BCUT2D eigenvalue weighted by Gasteiger charge is -2.38. The van der Waals surface area contributed by atoms with Gasteiger partial charge in [0, 0.05) is 43.7 Å². The van der Waals surface area contributed by atoms with Crippen LogP contribution < -0.4 is 5.69 Å². The van der Waals surface area contributed by atoms with Crippen LogP contribution in [0.3, 0.4) is 0 Å². The first-order valence-corrected chi connectivity index (χ1v) is 11.0. The molecule has 1 aromatic carbocycles. The molecule has 2 unspecified atom stereocenters. The van der Waals surface area contributed by atoms with Crippen LogP contribution in [0.25, 0.3) is 0 Å². The molecule has 3 aliphatic rings. The van der Waals surface area contributed by atoms with Gasteiger partial charge in [-0.1, -0.05) is 18.2 Å². The minimum atomic E-state index is -0.187. The second-order valence-corrected chi connectivity index (χ2v) is 8.65. The summed E-state index contributed by atoms with van der Waals surface area (Å²) in [6.45, 7) is 2.87. The Bertz CT molecular complexity index is 910. The van der Waals surface area contributed by atoms with Gasteiger partial charge in [-0.05, 0) is 44.6 Å². The van der Waals surface area contributed by atoms with Gasteiger partial charge >= 0.3 is 5.69 Å². The fourth-order valence-electron chi connectivity index (χ4n) is 5.39. The highest BCUT2D eigenvalue weighted by Crippen LogP contribution is 2.37. The van der Waals surface area contributed by atoms with E-state index >= 15 is 0 Å². The molecule has 2 atom stereocenters. The molecule has 0 radical (unpaired) electrons. The summed E-state index contributed by atoms with van der Waals surface area (Å²) in [4.78, 5) is 15.0. The van der Waals surface area contributed by atoms with Crippen LogP contribution in [0.4, 0.5) is 4.39 Å². The summed E-state index contributed by atoms with van der Waals surface area (Å²) < 4.78 is 23.4. The SMILES string of the molecule is O=c1n(CCCN2C3CCC2CC(OCc2ccccc2F)C3)nc2n1CCC2. The van der Waals surface area contributed by atoms with Crippen molar-refractivity contribution < 1.29 is 9.13 Å². The van der Waals surface area contributed by atoms with Crippen molar-refractivity contribution in [2.75, 3.05) is 6.54 Å². The van der Waals surface area contributed by atoms with Crippen LogP contribution in [0.1, 0.15) is 49.9 Å². The maximum Gasteiger partial charge on any atom is 0.345 e. The zero-order valence-corrected chi connectivity index (χ0v) is 16.8. The zero-order chi connectivity index (χ0) is 19.8. The Hall–Kier alpha value is -1.99. The number of aromatic nitrogens is 3. The van der Waals surface area contributed by atoms with Gasteiger partial charge in [-0.2, -0.15) is 5.10 Å². The third kappa shape index (κ3) is 3.78. The summed E-state index contributed by atoms with van der Waals surface area (Å²) in [5.41, 5.74) is 0.695. The van der Waals surface area contributed by atoms with E-state index in [2.05, 4.69) is 10.00 Å². The van der Waals surface area contributed by atoms with E-state index in [4.69, 9.17) is 4.74 Å². The number of hydrogen-bond donors (Lipinski definition) is 0. The van der Waals surface area contributed by atoms with Gasteiger partial charge in [0.25, 0.3) is 0 Å². The van der Waals surface area contributed by atoms with Crippen LogP contribution in [-0.2, 0) is 30.9 Å². The Kier molecular flexibility index (Phi) is 5.26. The van der Waals surface area contributed by atoms with Crippen LogP contribution in [0.2, 0.25) is 0 Å². The average molecular weight is 400 g/mol. The van der Waals surface area contributed by atoms with E-state index in [0.29, 0.717) is 30.8 Å². The molecule has 156 valence electrons. The highest BCUT2D eigenvalue weighted by atomic mass is 19.1. The molecule has 2 bridgehead atoms. The van der Waals surface area contributed by atoms with E-state index < -0.39 is 0 Å². The highest BCUT2D eigenvalue weighted by molar-refractivity contribution is 5.16. The number of halogens is 1. The molecule has 7 heteroatoms. The van der Waals surface area contributed by atoms with Gasteiger partial charge < -0.3 is 4.74 Å². The number of piperidine rings is 1. The topological polar surface area (TPSA) is 52.3 Å². The lowest BCUT2D eigenvalue weighted by atomic mass is 9.99. The minimum absolute atomic E-state index is 0.0562. The summed E-state index contributed by atoms with van der Waals surface area (Å²) in [6, 6.07) is 7.95. The van der Waals surface area contributed by atoms with Crippen molar-refractivity contribution in [3.05, 3.63) is 52.0 Å². The lowest BCUT2D eigenvalue weighted by Crippen LogP contribution is -2.46. The number of fused-ring (bicyclic) bond motifs is 3. The Morgan fingerprint density at radius 2 is 1.93 bits per heavy atom. The Morgan fingerprint density at radius 3 is 2.69 bits per heavy atom. The number of nitrogens with zero attached hydrogens (tertiary/aromatic N) is 4. The highest BCUT2D eigenvalue weighted by Gasteiger charge is 2.40. The molecule has 2 fully saturated rings. The Morgan fingerprint density at radius 1 is 1.14 bits per heavy atom. The van der Waals surface area contributed by atoms with Crippen molar-refractivity contribution in [1.29, 1.82) is 0 Å². The molecule has 0 amide bonds. The van der Waals surface area contributed by atoms with Crippen LogP contribution >= 0.6 is 0 Å². The minimum Gasteiger partial charge on any atom is -0.373 e. The number of rotatable bonds is 7. The van der Waals surface area contributed by atoms with E-state index in [1.807, 2.05) is 10.6 Å². The van der Waals surface area contributed by atoms with Crippen molar-refractivity contribution in [1.82, 2.24) is 19.2 Å². The van der Waals surface area contributed by atoms with E-state index in [1.54, 1.807) is 16.8 Å². The predicted octanol–water partition coefficient (Wildman–Crippen LogP) is 2.73. The molecular weight excluding hydrogens is 371 g/mol. The quantitative estimate of drug-likeness (QED) is 0.717. The molecule has 4 heterocycles. The van der Waals surface area contributed by atoms with E-state index in [0.717, 1.165) is 51.0 Å². The molecule has 5 rings (SSSR count). The molecule has 0 spiro atoms. The van der Waals surface area contributed by atoms with Gasteiger partial charge in [0.05, 0.1) is 12.7 Å². The number of ether oxygens (including phenoxy) is 1. The third-order valence-corrected chi connectivity index (χ3v) is 6.84. The summed E-state index contributed by atoms with van der Waals surface area (Å²) in [5, 5.41) is 4.50. The van der Waals surface area contributed by atoms with Gasteiger partial charge in [-0.15, -0.1) is 0 Å². The maximum atomic E-state index is 13.8. The molecule has 0 N–H and O–H groups in total. The van der Waals surface area contributed by atoms with Crippen LogP contribution in [-0.4, -0.2) is 44.0 Å². The largest absolute Gasteiger partial charge is 0.373 e. The van der Waals surface area contributed by atoms with E-state index in [-0.39, 0.29) is 17.6 Å².